The molecule has 1 atom stereocenters. The standard InChI is InChI=1S/C39H44F2N8O5/c40-31-16-29(17-32(41)37(31)30-5-6-36(51)43-38(30)52)47-21-24(22-47)20-45-9-11-46(12-10-45)27-1-3-28(4-2-27)49-23-26-15-34(48-8-7-25(19-42)39(48)53)35(54-14-13-50)18-33(26)44-49/h7-8,15-18,23-24,27-28,30,50,53H,1-6,9-14,20-22H2,(H,43,51,52)/t27?,28?,30-/m1/s1. The predicted molar refractivity (Wildman–Crippen MR) is 195 cm³/mol. The second kappa shape index (κ2) is 15.0. The number of nitrogens with one attached hydrogen (secondary N) is 1. The number of hydrogen-bond acceptors (Lipinski definition) is 10. The second-order valence-corrected chi connectivity index (χ2v) is 15.0. The molecule has 1 saturated carbocycles. The van der Waals surface area contributed by atoms with Crippen LogP contribution in [-0.4, -0.2) is 111 Å². The van der Waals surface area contributed by atoms with E-state index in [1.54, 1.807) is 12.3 Å². The quantitative estimate of drug-likeness (QED) is 0.205. The van der Waals surface area contributed by atoms with Gasteiger partial charge in [0, 0.05) is 99.3 Å². The number of benzene rings is 2. The Labute approximate surface area is 311 Å². The number of piperidine rings is 1. The molecule has 0 unspecified atom stereocenters. The normalized spacial score (nSPS) is 23.0. The molecule has 4 fully saturated rings. The number of imide groups is 1. The highest BCUT2D eigenvalue weighted by atomic mass is 19.1. The fraction of sp³-hybridized carbons (Fsp3) is 0.487. The first-order valence-corrected chi connectivity index (χ1v) is 18.8. The van der Waals surface area contributed by atoms with Gasteiger partial charge in [0.15, 0.2) is 0 Å². The molecule has 13 nitrogen and oxygen atoms in total. The Bertz CT molecular complexity index is 2070. The number of carbonyl (C=O) groups excluding carboxylic acids is 2. The third-order valence-electron chi connectivity index (χ3n) is 11.6. The van der Waals surface area contributed by atoms with Crippen molar-refractivity contribution in [3.8, 4) is 23.4 Å². The Balaban J connectivity index is 0.816. The Hall–Kier alpha value is -5.04. The third-order valence-corrected chi connectivity index (χ3v) is 11.6. The number of anilines is 1. The average Bonchev–Trinajstić information content (AvgIpc) is 3.74. The number of nitriles is 1. The summed E-state index contributed by atoms with van der Waals surface area (Å²) in [4.78, 5) is 30.8. The number of rotatable bonds is 10. The molecule has 8 rings (SSSR count). The number of nitrogens with zero attached hydrogens (tertiary/aromatic N) is 7. The van der Waals surface area contributed by atoms with Gasteiger partial charge in [-0.15, -0.1) is 0 Å². The Morgan fingerprint density at radius 3 is 2.37 bits per heavy atom. The van der Waals surface area contributed by atoms with Crippen LogP contribution in [0.5, 0.6) is 11.6 Å². The van der Waals surface area contributed by atoms with Crippen molar-refractivity contribution in [2.24, 2.45) is 5.92 Å². The van der Waals surface area contributed by atoms with Crippen molar-refractivity contribution in [2.45, 2.75) is 56.5 Å². The molecule has 54 heavy (non-hydrogen) atoms. The molecular formula is C39H44F2N8O5. The zero-order valence-corrected chi connectivity index (χ0v) is 30.0. The smallest absolute Gasteiger partial charge is 0.234 e. The van der Waals surface area contributed by atoms with Gasteiger partial charge in [-0.2, -0.15) is 10.4 Å². The van der Waals surface area contributed by atoms with Gasteiger partial charge < -0.3 is 24.7 Å². The molecule has 15 heteroatoms. The molecule has 3 aliphatic heterocycles. The van der Waals surface area contributed by atoms with Crippen LogP contribution in [0.3, 0.4) is 0 Å². The molecule has 0 spiro atoms. The first-order valence-electron chi connectivity index (χ1n) is 18.8. The number of fused-ring (bicyclic) bond motifs is 1. The van der Waals surface area contributed by atoms with Crippen molar-refractivity contribution in [3.63, 3.8) is 0 Å². The van der Waals surface area contributed by atoms with Crippen LogP contribution in [0, 0.1) is 28.9 Å². The molecule has 0 radical (unpaired) electrons. The molecule has 2 aromatic carbocycles. The lowest BCUT2D eigenvalue weighted by atomic mass is 9.89. The number of carbonyl (C=O) groups is 2. The lowest BCUT2D eigenvalue weighted by Gasteiger charge is -2.46. The van der Waals surface area contributed by atoms with Crippen molar-refractivity contribution in [3.05, 3.63) is 65.5 Å². The van der Waals surface area contributed by atoms with E-state index in [9.17, 15) is 25.1 Å². The Kier molecular flexibility index (Phi) is 9.99. The van der Waals surface area contributed by atoms with Gasteiger partial charge in [0.25, 0.3) is 0 Å². The van der Waals surface area contributed by atoms with E-state index in [4.69, 9.17) is 9.84 Å². The molecule has 284 valence electrons. The first kappa shape index (κ1) is 36.0. The second-order valence-electron chi connectivity index (χ2n) is 15.0. The highest BCUT2D eigenvalue weighted by Gasteiger charge is 2.36. The number of aliphatic hydroxyl groups is 1. The van der Waals surface area contributed by atoms with Crippen LogP contribution in [0.4, 0.5) is 14.5 Å². The summed E-state index contributed by atoms with van der Waals surface area (Å²) < 4.78 is 39.5. The minimum absolute atomic E-state index is 0.0641. The van der Waals surface area contributed by atoms with Gasteiger partial charge >= 0.3 is 0 Å². The van der Waals surface area contributed by atoms with Gasteiger partial charge in [0.1, 0.15) is 35.6 Å². The zero-order chi connectivity index (χ0) is 37.5. The molecule has 2 amide bonds. The minimum Gasteiger partial charge on any atom is -0.493 e. The number of ether oxygens (including phenoxy) is 1. The number of halogens is 2. The number of aromatic nitrogens is 3. The van der Waals surface area contributed by atoms with Crippen LogP contribution < -0.4 is 15.0 Å². The van der Waals surface area contributed by atoms with E-state index in [0.717, 1.165) is 82.4 Å². The Morgan fingerprint density at radius 1 is 0.981 bits per heavy atom. The Morgan fingerprint density at radius 2 is 1.70 bits per heavy atom. The summed E-state index contributed by atoms with van der Waals surface area (Å²) in [6.45, 7) is 6.30. The summed E-state index contributed by atoms with van der Waals surface area (Å²) in [5.41, 5.74) is 1.71. The molecule has 3 N–H and O–H groups in total. The van der Waals surface area contributed by atoms with Crippen LogP contribution in [0.15, 0.2) is 42.7 Å². The molecular weight excluding hydrogens is 698 g/mol. The largest absolute Gasteiger partial charge is 0.493 e. The van der Waals surface area contributed by atoms with Crippen LogP contribution in [-0.2, 0) is 9.59 Å². The van der Waals surface area contributed by atoms with Gasteiger partial charge in [-0.3, -0.25) is 29.1 Å². The van der Waals surface area contributed by atoms with Crippen molar-refractivity contribution in [1.29, 1.82) is 5.26 Å². The van der Waals surface area contributed by atoms with Crippen LogP contribution in [0.2, 0.25) is 0 Å². The molecule has 1 aliphatic carbocycles. The van der Waals surface area contributed by atoms with Crippen molar-refractivity contribution >= 4 is 28.4 Å². The monoisotopic (exact) mass is 742 g/mol. The maximum atomic E-state index is 15.1. The van der Waals surface area contributed by atoms with E-state index >= 15 is 8.78 Å². The van der Waals surface area contributed by atoms with E-state index < -0.39 is 29.4 Å². The van der Waals surface area contributed by atoms with Crippen LogP contribution in [0.1, 0.15) is 61.6 Å². The van der Waals surface area contributed by atoms with Gasteiger partial charge in [0.2, 0.25) is 17.7 Å². The van der Waals surface area contributed by atoms with E-state index in [-0.39, 0.29) is 49.1 Å². The number of aromatic hydroxyl groups is 1. The van der Waals surface area contributed by atoms with Gasteiger partial charge in [-0.05, 0) is 56.4 Å². The highest BCUT2D eigenvalue weighted by Crippen LogP contribution is 2.37. The molecule has 5 heterocycles. The van der Waals surface area contributed by atoms with Gasteiger partial charge in [-0.1, -0.05) is 0 Å². The number of amides is 2. The van der Waals surface area contributed by atoms with Gasteiger partial charge in [0.05, 0.1) is 29.8 Å². The summed E-state index contributed by atoms with van der Waals surface area (Å²) in [5.74, 6) is -2.86. The first-order chi connectivity index (χ1) is 26.2. The van der Waals surface area contributed by atoms with E-state index in [2.05, 4.69) is 15.1 Å². The highest BCUT2D eigenvalue weighted by molar-refractivity contribution is 6.01. The number of hydrogen-bond donors (Lipinski definition) is 3. The summed E-state index contributed by atoms with van der Waals surface area (Å²) in [7, 11) is 0. The molecule has 4 aliphatic rings. The molecule has 3 saturated heterocycles. The SMILES string of the molecule is N#Cc1ccn(-c2cc3cn(C4CCC(N5CCN(CC6CN(c7cc(F)c([C@H]8CCC(=O)NC8=O)c(F)c7)C6)CC5)CC4)nc3cc2OCCO)c1O. The summed E-state index contributed by atoms with van der Waals surface area (Å²) in [5, 5.41) is 37.3. The van der Waals surface area contributed by atoms with Crippen molar-refractivity contribution in [2.75, 3.05) is 63.9 Å². The lowest BCUT2D eigenvalue weighted by molar-refractivity contribution is -0.134. The van der Waals surface area contributed by atoms with Crippen LogP contribution >= 0.6 is 0 Å². The zero-order valence-electron chi connectivity index (χ0n) is 30.0. The number of aliphatic hydroxyl groups excluding tert-OH is 1. The average molecular weight is 743 g/mol. The predicted octanol–water partition coefficient (Wildman–Crippen LogP) is 3.81. The molecule has 2 aromatic heterocycles. The lowest BCUT2D eigenvalue weighted by Crippen LogP contribution is -2.56. The maximum Gasteiger partial charge on any atom is 0.234 e. The fourth-order valence-corrected chi connectivity index (χ4v) is 8.73. The van der Waals surface area contributed by atoms with Gasteiger partial charge in [-0.25, -0.2) is 8.78 Å². The fourth-order valence-electron chi connectivity index (χ4n) is 8.73. The summed E-state index contributed by atoms with van der Waals surface area (Å²) in [6, 6.07) is 10.7. The third kappa shape index (κ3) is 7.01. The van der Waals surface area contributed by atoms with E-state index in [0.29, 0.717) is 29.1 Å². The minimum atomic E-state index is -0.997. The summed E-state index contributed by atoms with van der Waals surface area (Å²) >= 11 is 0. The van der Waals surface area contributed by atoms with Crippen LogP contribution in [0.25, 0.3) is 16.6 Å². The van der Waals surface area contributed by atoms with E-state index in [1.807, 2.05) is 34.0 Å². The number of piperazine rings is 1. The molecule has 0 bridgehead atoms. The van der Waals surface area contributed by atoms with Crippen molar-refractivity contribution < 1.29 is 33.3 Å². The summed E-state index contributed by atoms with van der Waals surface area (Å²) in [6.07, 6.45) is 8.01. The van der Waals surface area contributed by atoms with E-state index in [1.165, 1.54) is 16.7 Å². The molecule has 4 aromatic rings. The van der Waals surface area contributed by atoms with Crippen molar-refractivity contribution in [1.82, 2.24) is 29.5 Å². The topological polar surface area (TPSA) is 152 Å². The maximum absolute atomic E-state index is 15.1.